The molecule has 0 amide bonds. The van der Waals surface area contributed by atoms with E-state index >= 15 is 0 Å². The van der Waals surface area contributed by atoms with E-state index in [1.807, 2.05) is 0 Å². The van der Waals surface area contributed by atoms with Gasteiger partial charge in [0, 0.05) is 0 Å². The molecule has 0 fully saturated rings. The molecule has 0 aromatic heterocycles. The van der Waals surface area contributed by atoms with Gasteiger partial charge in [-0.25, -0.2) is 0 Å². The summed E-state index contributed by atoms with van der Waals surface area (Å²) in [4.78, 5) is 19.6. The van der Waals surface area contributed by atoms with E-state index in [0.29, 0.717) is 0 Å². The predicted molar refractivity (Wildman–Crippen MR) is 27.9 cm³/mol. The van der Waals surface area contributed by atoms with Crippen LogP contribution in [0.4, 0.5) is 0 Å². The van der Waals surface area contributed by atoms with Crippen LogP contribution in [0, 0.1) is 0 Å². The predicted octanol–water partition coefficient (Wildman–Crippen LogP) is -13.1. The molecule has 0 saturated heterocycles. The number of carboxylic acids is 2. The smallest absolute Gasteiger partial charge is 0.481 e. The van der Waals surface area contributed by atoms with Crippen molar-refractivity contribution in [2.45, 2.75) is 12.5 Å². The van der Waals surface area contributed by atoms with Crippen molar-refractivity contribution in [2.24, 2.45) is 5.73 Å². The molecule has 0 aromatic carbocycles. The Kier molecular flexibility index (Phi) is 39.5. The largest absolute Gasteiger partial charge is 1.00 e. The molecule has 5 nitrogen and oxygen atoms in total. The first-order valence-corrected chi connectivity index (χ1v) is 2.24. The zero-order chi connectivity index (χ0) is 7.44. The van der Waals surface area contributed by atoms with Gasteiger partial charge >= 0.3 is 130 Å². The standard InChI is InChI=1S/C4H7NO4.4Na/c5-2(4(8)9)1-3(6)7;;;;/h2H,1,5H2,(H,6,7)(H,8,9);;;;/q;4*+1. The Balaban J connectivity index is -0.0000000533. The van der Waals surface area contributed by atoms with Gasteiger partial charge in [0.05, 0.1) is 6.42 Å². The number of nitrogens with two attached hydrogens (primary N) is 1. The number of carbonyl (C=O) groups is 2. The van der Waals surface area contributed by atoms with Gasteiger partial charge < -0.3 is 15.9 Å². The summed E-state index contributed by atoms with van der Waals surface area (Å²) in [6, 6.07) is -1.29. The zero-order valence-corrected chi connectivity index (χ0v) is 16.6. The van der Waals surface area contributed by atoms with Crippen LogP contribution in [0.3, 0.4) is 0 Å². The van der Waals surface area contributed by atoms with Crippen LogP contribution in [0.2, 0.25) is 0 Å². The number of aliphatic carboxylic acids is 2. The molecule has 0 rings (SSSR count). The fraction of sp³-hybridized carbons (Fsp3) is 0.500. The van der Waals surface area contributed by atoms with E-state index in [1.165, 1.54) is 0 Å². The van der Waals surface area contributed by atoms with Gasteiger partial charge in [0.1, 0.15) is 6.04 Å². The third-order valence-corrected chi connectivity index (χ3v) is 0.712. The fourth-order valence-electron chi connectivity index (χ4n) is 0.275. The average Bonchev–Trinajstić information content (AvgIpc) is 1.63. The molecular weight excluding hydrogens is 218 g/mol. The minimum Gasteiger partial charge on any atom is -0.481 e. The van der Waals surface area contributed by atoms with Crippen LogP contribution in [0.15, 0.2) is 0 Å². The quantitative estimate of drug-likeness (QED) is 0.414. The Bertz CT molecular complexity index is 144. The van der Waals surface area contributed by atoms with Crippen LogP contribution >= 0.6 is 0 Å². The summed E-state index contributed by atoms with van der Waals surface area (Å²) in [6.45, 7) is 0. The van der Waals surface area contributed by atoms with Crippen molar-refractivity contribution in [3.05, 3.63) is 0 Å². The molecule has 0 spiro atoms. The van der Waals surface area contributed by atoms with E-state index in [4.69, 9.17) is 15.9 Å². The maximum absolute atomic E-state index is 9.85. The number of rotatable bonds is 3. The molecule has 0 aliphatic carbocycles. The van der Waals surface area contributed by atoms with Crippen molar-refractivity contribution in [3.63, 3.8) is 0 Å². The van der Waals surface area contributed by atoms with Gasteiger partial charge in [0.15, 0.2) is 0 Å². The first kappa shape index (κ1) is 29.7. The van der Waals surface area contributed by atoms with Gasteiger partial charge in [-0.1, -0.05) is 0 Å². The van der Waals surface area contributed by atoms with Gasteiger partial charge in [-0.3, -0.25) is 9.59 Å². The van der Waals surface area contributed by atoms with Crippen molar-refractivity contribution < 1.29 is 138 Å². The van der Waals surface area contributed by atoms with E-state index < -0.39 is 24.4 Å². The molecule has 0 aromatic rings. The molecule has 0 saturated carbocycles. The summed E-state index contributed by atoms with van der Waals surface area (Å²) >= 11 is 0. The first-order chi connectivity index (χ1) is 4.04. The molecule has 1 unspecified atom stereocenters. The Hall–Kier alpha value is 2.90. The maximum Gasteiger partial charge on any atom is 1.00 e. The van der Waals surface area contributed by atoms with E-state index in [2.05, 4.69) is 0 Å². The van der Waals surface area contributed by atoms with Crippen molar-refractivity contribution in [1.82, 2.24) is 0 Å². The fourth-order valence-corrected chi connectivity index (χ4v) is 0.275. The van der Waals surface area contributed by atoms with Gasteiger partial charge in [-0.05, 0) is 0 Å². The molecule has 0 heterocycles. The summed E-state index contributed by atoms with van der Waals surface area (Å²) in [7, 11) is 0. The second kappa shape index (κ2) is 17.3. The Morgan fingerprint density at radius 3 is 1.46 bits per heavy atom. The number of hydrogen-bond acceptors (Lipinski definition) is 3. The van der Waals surface area contributed by atoms with Crippen LogP contribution < -0.4 is 124 Å². The minimum absolute atomic E-state index is 0. The normalized spacial score (nSPS) is 8.69. The van der Waals surface area contributed by atoms with Gasteiger partial charge in [-0.2, -0.15) is 0 Å². The van der Waals surface area contributed by atoms with Gasteiger partial charge in [0.25, 0.3) is 0 Å². The molecular formula is C4H7NNa4O4+4. The number of hydrogen-bond donors (Lipinski definition) is 3. The van der Waals surface area contributed by atoms with E-state index in [9.17, 15) is 9.59 Å². The Morgan fingerprint density at radius 1 is 1.08 bits per heavy atom. The van der Waals surface area contributed by atoms with Crippen LogP contribution in [-0.4, -0.2) is 28.2 Å². The summed E-state index contributed by atoms with van der Waals surface area (Å²) in [5.41, 5.74) is 4.84. The van der Waals surface area contributed by atoms with Gasteiger partial charge in [0.2, 0.25) is 0 Å². The molecule has 13 heavy (non-hydrogen) atoms. The molecule has 0 aliphatic heterocycles. The van der Waals surface area contributed by atoms with Crippen LogP contribution in [0.5, 0.6) is 0 Å². The summed E-state index contributed by atoms with van der Waals surface area (Å²) in [5.74, 6) is -2.50. The molecule has 0 aliphatic rings. The topological polar surface area (TPSA) is 101 Å². The molecule has 9 heteroatoms. The second-order valence-corrected chi connectivity index (χ2v) is 1.54. The second-order valence-electron chi connectivity index (χ2n) is 1.54. The van der Waals surface area contributed by atoms with E-state index in [0.717, 1.165) is 0 Å². The summed E-state index contributed by atoms with van der Waals surface area (Å²) in [6.07, 6.45) is -0.532. The SMILES string of the molecule is NC(CC(=O)O)C(=O)O.[Na+].[Na+].[Na+].[Na+]. The Morgan fingerprint density at radius 2 is 1.38 bits per heavy atom. The third kappa shape index (κ3) is 20.9. The minimum atomic E-state index is -1.29. The summed E-state index contributed by atoms with van der Waals surface area (Å²) < 4.78 is 0. The van der Waals surface area contributed by atoms with Crippen LogP contribution in [-0.2, 0) is 9.59 Å². The molecule has 52 valence electrons. The first-order valence-electron chi connectivity index (χ1n) is 2.24. The van der Waals surface area contributed by atoms with Crippen LogP contribution in [0.25, 0.3) is 0 Å². The van der Waals surface area contributed by atoms with Crippen molar-refractivity contribution in [3.8, 4) is 0 Å². The van der Waals surface area contributed by atoms with Crippen molar-refractivity contribution in [1.29, 1.82) is 0 Å². The van der Waals surface area contributed by atoms with E-state index in [-0.39, 0.29) is 118 Å². The van der Waals surface area contributed by atoms with Gasteiger partial charge in [-0.15, -0.1) is 0 Å². The van der Waals surface area contributed by atoms with Crippen molar-refractivity contribution >= 4 is 11.9 Å². The van der Waals surface area contributed by atoms with E-state index in [1.54, 1.807) is 0 Å². The number of carboxylic acid groups (broad SMARTS) is 2. The monoisotopic (exact) mass is 225 g/mol. The summed E-state index contributed by atoms with van der Waals surface area (Å²) in [5, 5.41) is 16.0. The van der Waals surface area contributed by atoms with Crippen LogP contribution in [0.1, 0.15) is 6.42 Å². The third-order valence-electron chi connectivity index (χ3n) is 0.712. The Labute approximate surface area is 165 Å². The van der Waals surface area contributed by atoms with Crippen molar-refractivity contribution in [2.75, 3.05) is 0 Å². The molecule has 0 bridgehead atoms. The molecule has 1 atom stereocenters. The maximum atomic E-state index is 9.85. The molecule has 4 N–H and O–H groups in total. The average molecular weight is 225 g/mol. The molecule has 0 radical (unpaired) electrons. The zero-order valence-electron chi connectivity index (χ0n) is 8.57.